The monoisotopic (exact) mass is 523 g/mol. The number of nitrogens with zero attached hydrogens (tertiary/aromatic N) is 2. The zero-order chi connectivity index (χ0) is 27.0. The number of morpholine rings is 1. The molecular formula is C24H37N5O8. The van der Waals surface area contributed by atoms with Crippen LogP contribution in [0.1, 0.15) is 43.4 Å². The van der Waals surface area contributed by atoms with Crippen LogP contribution in [0.3, 0.4) is 0 Å². The van der Waals surface area contributed by atoms with Gasteiger partial charge in [-0.05, 0) is 19.3 Å². The fourth-order valence-corrected chi connectivity index (χ4v) is 3.91. The van der Waals surface area contributed by atoms with E-state index in [0.29, 0.717) is 38.5 Å². The van der Waals surface area contributed by atoms with Crippen LogP contribution in [0.5, 0.6) is 0 Å². The molecule has 206 valence electrons. The number of hydrogen-bond acceptors (Lipinski definition) is 10. The molecule has 3 atom stereocenters. The maximum Gasteiger partial charge on any atom is 0.274 e. The molecule has 13 nitrogen and oxygen atoms in total. The molecule has 0 radical (unpaired) electrons. The van der Waals surface area contributed by atoms with E-state index in [1.54, 1.807) is 6.92 Å². The van der Waals surface area contributed by atoms with Crippen molar-refractivity contribution in [3.63, 3.8) is 0 Å². The second-order valence-corrected chi connectivity index (χ2v) is 9.90. The van der Waals surface area contributed by atoms with Gasteiger partial charge in [-0.25, -0.2) is 0 Å². The number of amides is 3. The van der Waals surface area contributed by atoms with Gasteiger partial charge in [-0.3, -0.25) is 24.1 Å². The van der Waals surface area contributed by atoms with E-state index >= 15 is 0 Å². The van der Waals surface area contributed by atoms with Gasteiger partial charge in [0.25, 0.3) is 5.91 Å². The minimum atomic E-state index is -1.07. The van der Waals surface area contributed by atoms with E-state index in [1.807, 2.05) is 13.8 Å². The minimum Gasteiger partial charge on any atom is -0.382 e. The number of ketones is 1. The molecule has 37 heavy (non-hydrogen) atoms. The molecule has 0 saturated carbocycles. The van der Waals surface area contributed by atoms with E-state index in [0.717, 1.165) is 13.1 Å². The standard InChI is InChI=1S/C24H37N5O8/c1-15(2)9-17(21(31)24(3)14-36-24)26-20(30)11-25-22(32)19(13-34-4)27-23(33)18-10-16(37-28-18)12-29-5-7-35-8-6-29/h10,15,17,19H,5-9,11-14H2,1-4H3,(H,25,32)(H,26,30)(H,27,33)/t17-,19-,24+/m0/s1. The van der Waals surface area contributed by atoms with Gasteiger partial charge in [0.15, 0.2) is 17.2 Å². The summed E-state index contributed by atoms with van der Waals surface area (Å²) in [5, 5.41) is 11.5. The van der Waals surface area contributed by atoms with Crippen LogP contribution in [0.15, 0.2) is 10.6 Å². The lowest BCUT2D eigenvalue weighted by Crippen LogP contribution is -2.53. The molecule has 0 aliphatic carbocycles. The van der Waals surface area contributed by atoms with E-state index in [1.165, 1.54) is 13.2 Å². The maximum atomic E-state index is 12.7. The maximum absolute atomic E-state index is 12.7. The summed E-state index contributed by atoms with van der Waals surface area (Å²) in [7, 11) is 1.39. The lowest BCUT2D eigenvalue weighted by atomic mass is 9.93. The summed E-state index contributed by atoms with van der Waals surface area (Å²) < 4.78 is 20.9. The van der Waals surface area contributed by atoms with Gasteiger partial charge in [0.2, 0.25) is 11.8 Å². The Bertz CT molecular complexity index is 955. The highest BCUT2D eigenvalue weighted by Gasteiger charge is 2.50. The van der Waals surface area contributed by atoms with Crippen LogP contribution in [0.4, 0.5) is 0 Å². The van der Waals surface area contributed by atoms with Gasteiger partial charge in [0.05, 0.1) is 45.6 Å². The Kier molecular flexibility index (Phi) is 10.1. The molecule has 0 bridgehead atoms. The number of aromatic nitrogens is 1. The van der Waals surface area contributed by atoms with Crippen molar-refractivity contribution < 1.29 is 37.9 Å². The molecule has 3 rings (SSSR count). The molecule has 2 fully saturated rings. The fraction of sp³-hybridized carbons (Fsp3) is 0.708. The molecule has 3 N–H and O–H groups in total. The summed E-state index contributed by atoms with van der Waals surface area (Å²) in [4.78, 5) is 52.7. The van der Waals surface area contributed by atoms with Crippen LogP contribution < -0.4 is 16.0 Å². The third kappa shape index (κ3) is 8.59. The van der Waals surface area contributed by atoms with E-state index in [2.05, 4.69) is 26.0 Å². The Morgan fingerprint density at radius 3 is 2.49 bits per heavy atom. The molecule has 0 spiro atoms. The van der Waals surface area contributed by atoms with E-state index in [-0.39, 0.29) is 30.5 Å². The topological polar surface area (TPSA) is 165 Å². The smallest absolute Gasteiger partial charge is 0.274 e. The molecule has 2 aliphatic rings. The third-order valence-corrected chi connectivity index (χ3v) is 6.11. The van der Waals surface area contributed by atoms with Crippen molar-refractivity contribution in [3.05, 3.63) is 17.5 Å². The number of epoxide rings is 1. The van der Waals surface area contributed by atoms with Crippen molar-refractivity contribution in [1.29, 1.82) is 0 Å². The molecular weight excluding hydrogens is 486 g/mol. The minimum absolute atomic E-state index is 0.0285. The number of rotatable bonds is 14. The first kappa shape index (κ1) is 28.7. The Morgan fingerprint density at radius 2 is 1.86 bits per heavy atom. The van der Waals surface area contributed by atoms with Crippen molar-refractivity contribution in [1.82, 2.24) is 26.0 Å². The first-order chi connectivity index (χ1) is 17.6. The largest absolute Gasteiger partial charge is 0.382 e. The summed E-state index contributed by atoms with van der Waals surface area (Å²) in [6, 6.07) is -0.266. The molecule has 0 aromatic carbocycles. The average Bonchev–Trinajstić information content (AvgIpc) is 3.44. The van der Waals surface area contributed by atoms with Crippen molar-refractivity contribution in [2.75, 3.05) is 53.2 Å². The lowest BCUT2D eigenvalue weighted by molar-refractivity contribution is -0.131. The fourth-order valence-electron chi connectivity index (χ4n) is 3.91. The number of ether oxygens (including phenoxy) is 3. The SMILES string of the molecule is COC[C@H](NC(=O)c1cc(CN2CCOCC2)on1)C(=O)NCC(=O)N[C@@H](CC(C)C)C(=O)[C@@]1(C)CO1. The van der Waals surface area contributed by atoms with Gasteiger partial charge in [0, 0.05) is 26.3 Å². The summed E-state index contributed by atoms with van der Waals surface area (Å²) >= 11 is 0. The first-order valence-electron chi connectivity index (χ1n) is 12.4. The zero-order valence-corrected chi connectivity index (χ0v) is 21.8. The van der Waals surface area contributed by atoms with Crippen LogP contribution >= 0.6 is 0 Å². The molecule has 0 unspecified atom stereocenters. The summed E-state index contributed by atoms with van der Waals surface area (Å²) in [5.74, 6) is -1.26. The summed E-state index contributed by atoms with van der Waals surface area (Å²) in [5.41, 5.74) is -0.839. The predicted molar refractivity (Wildman–Crippen MR) is 129 cm³/mol. The average molecular weight is 524 g/mol. The van der Waals surface area contributed by atoms with Crippen LogP contribution in [-0.4, -0.2) is 104 Å². The number of methoxy groups -OCH3 is 1. The third-order valence-electron chi connectivity index (χ3n) is 6.11. The molecule has 2 aliphatic heterocycles. The van der Waals surface area contributed by atoms with E-state index < -0.39 is 35.4 Å². The highest BCUT2D eigenvalue weighted by atomic mass is 16.6. The Labute approximate surface area is 215 Å². The van der Waals surface area contributed by atoms with Gasteiger partial charge in [0.1, 0.15) is 11.6 Å². The summed E-state index contributed by atoms with van der Waals surface area (Å²) in [6.45, 7) is 8.69. The second-order valence-electron chi connectivity index (χ2n) is 9.90. The van der Waals surface area contributed by atoms with E-state index in [9.17, 15) is 19.2 Å². The molecule has 1 aromatic heterocycles. The number of hydrogen-bond donors (Lipinski definition) is 3. The molecule has 3 amide bonds. The zero-order valence-electron chi connectivity index (χ0n) is 21.8. The van der Waals surface area contributed by atoms with Crippen molar-refractivity contribution in [2.45, 2.75) is 51.4 Å². The molecule has 2 saturated heterocycles. The van der Waals surface area contributed by atoms with Gasteiger partial charge in [-0.2, -0.15) is 0 Å². The van der Waals surface area contributed by atoms with E-state index in [4.69, 9.17) is 18.7 Å². The Balaban J connectivity index is 1.50. The van der Waals surface area contributed by atoms with Crippen LogP contribution in [0.2, 0.25) is 0 Å². The first-order valence-corrected chi connectivity index (χ1v) is 12.4. The highest BCUT2D eigenvalue weighted by molar-refractivity contribution is 5.98. The van der Waals surface area contributed by atoms with Crippen molar-refractivity contribution >= 4 is 23.5 Å². The van der Waals surface area contributed by atoms with Crippen LogP contribution in [0, 0.1) is 5.92 Å². The van der Waals surface area contributed by atoms with Gasteiger partial charge < -0.3 is 34.7 Å². The van der Waals surface area contributed by atoms with Gasteiger partial charge >= 0.3 is 0 Å². The predicted octanol–water partition coefficient (Wildman–Crippen LogP) is -0.743. The highest BCUT2D eigenvalue weighted by Crippen LogP contribution is 2.29. The van der Waals surface area contributed by atoms with Gasteiger partial charge in [-0.1, -0.05) is 19.0 Å². The van der Waals surface area contributed by atoms with Gasteiger partial charge in [-0.15, -0.1) is 0 Å². The molecule has 3 heterocycles. The number of Topliss-reactive ketones (excluding diaryl/α,β-unsaturated/α-hetero) is 1. The quantitative estimate of drug-likeness (QED) is 0.264. The van der Waals surface area contributed by atoms with Crippen LogP contribution in [0.25, 0.3) is 0 Å². The molecule has 13 heteroatoms. The number of carbonyl (C=O) groups is 4. The van der Waals surface area contributed by atoms with Crippen molar-refractivity contribution in [3.8, 4) is 0 Å². The lowest BCUT2D eigenvalue weighted by Gasteiger charge is -2.25. The number of nitrogens with one attached hydrogen (secondary N) is 3. The summed E-state index contributed by atoms with van der Waals surface area (Å²) in [6.07, 6.45) is 0.449. The van der Waals surface area contributed by atoms with Crippen molar-refractivity contribution in [2.24, 2.45) is 5.92 Å². The Morgan fingerprint density at radius 1 is 1.16 bits per heavy atom. The Hall–Kier alpha value is -2.87. The normalized spacial score (nSPS) is 21.2. The van der Waals surface area contributed by atoms with Crippen LogP contribution in [-0.2, 0) is 35.1 Å². The second kappa shape index (κ2) is 13.1. The molecule has 1 aromatic rings. The number of carbonyl (C=O) groups excluding carboxylic acids is 4.